The Morgan fingerprint density at radius 2 is 2.00 bits per heavy atom. The first-order chi connectivity index (χ1) is 7.35. The predicted octanol–water partition coefficient (Wildman–Crippen LogP) is 3.24. The molecule has 0 aromatic heterocycles. The zero-order valence-corrected chi connectivity index (χ0v) is 11.4. The maximum atomic E-state index is 10.0. The number of aliphatic hydroxyl groups is 1. The summed E-state index contributed by atoms with van der Waals surface area (Å²) in [4.78, 5) is -1.26. The molecule has 0 aliphatic rings. The Labute approximate surface area is 108 Å². The number of ether oxygens (including phenoxy) is 1. The number of rotatable bonds is 3. The molecule has 16 heavy (non-hydrogen) atoms. The largest absolute Gasteiger partial charge is 0.506 e. The van der Waals surface area contributed by atoms with E-state index in [-0.39, 0.29) is 27.1 Å². The molecular weight excluding hydrogens is 271 g/mol. The van der Waals surface area contributed by atoms with Crippen molar-refractivity contribution in [2.45, 2.75) is 11.9 Å². The lowest BCUT2D eigenvalue weighted by Crippen LogP contribution is -2.16. The van der Waals surface area contributed by atoms with Gasteiger partial charge < -0.3 is 14.9 Å². The summed E-state index contributed by atoms with van der Waals surface area (Å²) in [6.45, 7) is 1.55. The molecule has 6 heteroatoms. The lowest BCUT2D eigenvalue weighted by Gasteiger charge is -2.23. The lowest BCUT2D eigenvalue weighted by molar-refractivity contribution is 0.156. The molecule has 0 amide bonds. The minimum Gasteiger partial charge on any atom is -0.506 e. The van der Waals surface area contributed by atoms with Gasteiger partial charge in [0.25, 0.3) is 0 Å². The average molecular weight is 283 g/mol. The third-order valence-electron chi connectivity index (χ3n) is 2.25. The summed E-state index contributed by atoms with van der Waals surface area (Å²) in [5.41, 5.74) is 0.260. The molecule has 1 aromatic rings. The Hall–Kier alpha value is -0.290. The highest BCUT2D eigenvalue weighted by molar-refractivity contribution is 7.99. The Morgan fingerprint density at radius 1 is 1.44 bits per heavy atom. The van der Waals surface area contributed by atoms with Crippen molar-refractivity contribution in [1.29, 1.82) is 0 Å². The van der Waals surface area contributed by atoms with Crippen molar-refractivity contribution in [1.82, 2.24) is 0 Å². The molecule has 0 bridgehead atoms. The van der Waals surface area contributed by atoms with Crippen LogP contribution >= 0.6 is 35.0 Å². The van der Waals surface area contributed by atoms with E-state index in [4.69, 9.17) is 27.9 Å². The molecule has 0 aliphatic heterocycles. The molecule has 1 unspecified atom stereocenters. The van der Waals surface area contributed by atoms with Gasteiger partial charge in [0, 0.05) is 5.56 Å². The Bertz CT molecular complexity index is 408. The monoisotopic (exact) mass is 282 g/mol. The molecular formula is C10H12Cl2O3S. The van der Waals surface area contributed by atoms with Crippen LogP contribution in [0.2, 0.25) is 10.0 Å². The number of phenols is 1. The van der Waals surface area contributed by atoms with Gasteiger partial charge >= 0.3 is 0 Å². The number of phenolic OH excluding ortho intramolecular Hbond substituents is 1. The van der Waals surface area contributed by atoms with Crippen LogP contribution in [0.5, 0.6) is 11.5 Å². The normalized spacial score (nSPS) is 14.6. The number of hydrogen-bond acceptors (Lipinski definition) is 4. The van der Waals surface area contributed by atoms with Gasteiger partial charge in [0.1, 0.15) is 15.7 Å². The highest BCUT2D eigenvalue weighted by atomic mass is 35.5. The fourth-order valence-corrected chi connectivity index (χ4v) is 2.23. The highest BCUT2D eigenvalue weighted by Gasteiger charge is 2.29. The summed E-state index contributed by atoms with van der Waals surface area (Å²) in [5, 5.41) is 20.1. The van der Waals surface area contributed by atoms with E-state index in [1.54, 1.807) is 13.2 Å². The van der Waals surface area contributed by atoms with Crippen LogP contribution in [0, 0.1) is 0 Å². The molecule has 0 saturated carbocycles. The van der Waals surface area contributed by atoms with Gasteiger partial charge in [-0.2, -0.15) is 0 Å². The van der Waals surface area contributed by atoms with Crippen molar-refractivity contribution in [2.75, 3.05) is 13.4 Å². The van der Waals surface area contributed by atoms with Crippen molar-refractivity contribution >= 4 is 35.0 Å². The van der Waals surface area contributed by atoms with Crippen LogP contribution in [0.4, 0.5) is 0 Å². The van der Waals surface area contributed by atoms with E-state index >= 15 is 0 Å². The van der Waals surface area contributed by atoms with Gasteiger partial charge in [-0.1, -0.05) is 23.2 Å². The van der Waals surface area contributed by atoms with Crippen LogP contribution in [0.15, 0.2) is 6.07 Å². The van der Waals surface area contributed by atoms with E-state index in [1.807, 2.05) is 0 Å². The second-order valence-corrected chi connectivity index (χ2v) is 5.28. The van der Waals surface area contributed by atoms with Crippen LogP contribution < -0.4 is 4.74 Å². The number of aromatic hydroxyl groups is 1. The molecule has 3 nitrogen and oxygen atoms in total. The Morgan fingerprint density at radius 3 is 2.44 bits per heavy atom. The fourth-order valence-electron chi connectivity index (χ4n) is 1.24. The number of methoxy groups -OCH3 is 1. The van der Waals surface area contributed by atoms with Gasteiger partial charge in [0.15, 0.2) is 5.75 Å². The van der Waals surface area contributed by atoms with Crippen molar-refractivity contribution in [2.24, 2.45) is 0 Å². The van der Waals surface area contributed by atoms with E-state index in [9.17, 15) is 10.2 Å². The van der Waals surface area contributed by atoms with Gasteiger partial charge in [0.05, 0.1) is 12.1 Å². The maximum absolute atomic E-state index is 10.0. The first kappa shape index (κ1) is 13.8. The summed E-state index contributed by atoms with van der Waals surface area (Å²) in [6.07, 6.45) is 1.71. The van der Waals surface area contributed by atoms with Crippen LogP contribution in [-0.2, 0) is 4.93 Å². The first-order valence-corrected chi connectivity index (χ1v) is 6.36. The molecule has 0 aliphatic carbocycles. The Kier molecular flexibility index (Phi) is 4.23. The van der Waals surface area contributed by atoms with E-state index in [1.165, 1.54) is 13.2 Å². The quantitative estimate of drug-likeness (QED) is 0.836. The van der Waals surface area contributed by atoms with Gasteiger partial charge in [-0.25, -0.2) is 0 Å². The number of halogens is 2. The van der Waals surface area contributed by atoms with Crippen LogP contribution in [-0.4, -0.2) is 23.6 Å². The molecule has 0 spiro atoms. The van der Waals surface area contributed by atoms with E-state index in [2.05, 4.69) is 0 Å². The van der Waals surface area contributed by atoms with Crippen LogP contribution in [0.3, 0.4) is 0 Å². The van der Waals surface area contributed by atoms with Crippen molar-refractivity contribution in [3.63, 3.8) is 0 Å². The molecule has 2 N–H and O–H groups in total. The topological polar surface area (TPSA) is 49.7 Å². The van der Waals surface area contributed by atoms with E-state index in [0.717, 1.165) is 11.8 Å². The molecule has 1 aromatic carbocycles. The number of benzene rings is 1. The maximum Gasteiger partial charge on any atom is 0.159 e. The third kappa shape index (κ3) is 2.35. The lowest BCUT2D eigenvalue weighted by atomic mass is 10.1. The second-order valence-electron chi connectivity index (χ2n) is 3.29. The molecule has 0 fully saturated rings. The van der Waals surface area contributed by atoms with Crippen molar-refractivity contribution in [3.8, 4) is 11.5 Å². The molecule has 0 radical (unpaired) electrons. The zero-order chi connectivity index (χ0) is 12.5. The summed E-state index contributed by atoms with van der Waals surface area (Å²) in [6, 6.07) is 1.44. The predicted molar refractivity (Wildman–Crippen MR) is 67.8 cm³/mol. The third-order valence-corrected chi connectivity index (χ3v) is 3.90. The summed E-state index contributed by atoms with van der Waals surface area (Å²) >= 11 is 13.0. The second kappa shape index (κ2) is 4.92. The van der Waals surface area contributed by atoms with Gasteiger partial charge in [0.2, 0.25) is 0 Å². The molecule has 1 atom stereocenters. The zero-order valence-electron chi connectivity index (χ0n) is 9.04. The van der Waals surface area contributed by atoms with E-state index < -0.39 is 4.93 Å². The van der Waals surface area contributed by atoms with Crippen LogP contribution in [0.1, 0.15) is 12.5 Å². The average Bonchev–Trinajstić information content (AvgIpc) is 2.24. The van der Waals surface area contributed by atoms with Crippen molar-refractivity contribution < 1.29 is 14.9 Å². The number of thioether (sulfide) groups is 1. The molecule has 1 rings (SSSR count). The van der Waals surface area contributed by atoms with Crippen LogP contribution in [0.25, 0.3) is 0 Å². The summed E-state index contributed by atoms with van der Waals surface area (Å²) < 4.78 is 4.95. The van der Waals surface area contributed by atoms with Crippen molar-refractivity contribution in [3.05, 3.63) is 21.7 Å². The standard InChI is InChI=1S/C10H12Cl2O3S/c1-10(14,16-3)5-4-6(11)9(15-2)7(12)8(5)13/h4,13-14H,1-3H3. The minimum absolute atomic E-state index is 0.000625. The number of hydrogen-bond donors (Lipinski definition) is 2. The van der Waals surface area contributed by atoms with E-state index in [0.29, 0.717) is 0 Å². The fraction of sp³-hybridized carbons (Fsp3) is 0.400. The molecule has 0 heterocycles. The summed E-state index contributed by atoms with van der Waals surface area (Å²) in [7, 11) is 1.40. The van der Waals surface area contributed by atoms with Gasteiger partial charge in [-0.05, 0) is 19.2 Å². The minimum atomic E-state index is -1.26. The molecule has 0 saturated heterocycles. The summed E-state index contributed by atoms with van der Waals surface area (Å²) in [5.74, 6) is -0.0243. The van der Waals surface area contributed by atoms with Gasteiger partial charge in [-0.3, -0.25) is 0 Å². The molecule has 90 valence electrons. The highest BCUT2D eigenvalue weighted by Crippen LogP contribution is 2.47. The first-order valence-electron chi connectivity index (χ1n) is 4.38. The smallest absolute Gasteiger partial charge is 0.159 e. The SMILES string of the molecule is COc1c(Cl)cc(C(C)(O)SC)c(O)c1Cl. The van der Waals surface area contributed by atoms with Gasteiger partial charge in [-0.15, -0.1) is 11.8 Å². The Balaban J connectivity index is 3.45.